The summed E-state index contributed by atoms with van der Waals surface area (Å²) in [5.74, 6) is -1.28. The van der Waals surface area contributed by atoms with Crippen molar-refractivity contribution in [2.75, 3.05) is 6.54 Å². The number of alkyl halides is 1. The highest BCUT2D eigenvalue weighted by Crippen LogP contribution is 2.25. The average Bonchev–Trinajstić information content (AvgIpc) is 2.71. The minimum absolute atomic E-state index is 0.162. The number of halogens is 1. The zero-order valence-corrected chi connectivity index (χ0v) is 14.3. The van der Waals surface area contributed by atoms with Crippen molar-refractivity contribution in [3.05, 3.63) is 35.4 Å². The van der Waals surface area contributed by atoms with Crippen LogP contribution in [0.4, 0.5) is 0 Å². The van der Waals surface area contributed by atoms with Gasteiger partial charge in [-0.25, -0.2) is 0 Å². The second kappa shape index (κ2) is 6.60. The maximum absolute atomic E-state index is 12.3. The van der Waals surface area contributed by atoms with Gasteiger partial charge in [0.2, 0.25) is 0 Å². The minimum atomic E-state index is -0.570. The molecule has 1 aromatic rings. The van der Waals surface area contributed by atoms with E-state index in [1.54, 1.807) is 45.0 Å². The van der Waals surface area contributed by atoms with Gasteiger partial charge in [-0.05, 0) is 31.9 Å². The van der Waals surface area contributed by atoms with Crippen LogP contribution in [-0.2, 0) is 9.53 Å². The molecule has 5 nitrogen and oxygen atoms in total. The van der Waals surface area contributed by atoms with Gasteiger partial charge in [-0.2, -0.15) is 0 Å². The molecule has 0 bridgehead atoms. The molecule has 2 rings (SSSR count). The molecule has 0 saturated heterocycles. The second-order valence-corrected chi connectivity index (χ2v) is 6.62. The molecule has 2 atom stereocenters. The SMILES string of the molecule is CC(C)OC(=O)C(Br)[C@@H](C)CN1C(=O)c2ccccc2C1=O. The summed E-state index contributed by atoms with van der Waals surface area (Å²) < 4.78 is 5.14. The highest BCUT2D eigenvalue weighted by atomic mass is 79.9. The fraction of sp³-hybridized carbons (Fsp3) is 0.438. The van der Waals surface area contributed by atoms with E-state index in [-0.39, 0.29) is 36.4 Å². The van der Waals surface area contributed by atoms with Crippen LogP contribution in [0.1, 0.15) is 41.5 Å². The van der Waals surface area contributed by atoms with Crippen molar-refractivity contribution < 1.29 is 19.1 Å². The van der Waals surface area contributed by atoms with Gasteiger partial charge in [-0.1, -0.05) is 35.0 Å². The Balaban J connectivity index is 2.07. The first-order valence-electron chi connectivity index (χ1n) is 7.12. The molecular weight excluding hydrogens is 350 g/mol. The van der Waals surface area contributed by atoms with Crippen LogP contribution in [0, 0.1) is 5.92 Å². The molecule has 1 unspecified atom stereocenters. The van der Waals surface area contributed by atoms with Crippen LogP contribution in [-0.4, -0.2) is 40.2 Å². The third kappa shape index (κ3) is 3.21. The van der Waals surface area contributed by atoms with Crippen LogP contribution in [0.25, 0.3) is 0 Å². The summed E-state index contributed by atoms with van der Waals surface area (Å²) in [4.78, 5) is 37.1. The predicted molar refractivity (Wildman–Crippen MR) is 84.9 cm³/mol. The molecule has 118 valence electrons. The van der Waals surface area contributed by atoms with Gasteiger partial charge < -0.3 is 4.74 Å². The summed E-state index contributed by atoms with van der Waals surface area (Å²) in [5, 5.41) is 0. The van der Waals surface area contributed by atoms with E-state index in [2.05, 4.69) is 15.9 Å². The molecule has 0 aromatic heterocycles. The number of carbonyl (C=O) groups is 3. The van der Waals surface area contributed by atoms with Crippen LogP contribution < -0.4 is 0 Å². The van der Waals surface area contributed by atoms with E-state index >= 15 is 0 Å². The number of amides is 2. The molecular formula is C16H18BrNO4. The fourth-order valence-corrected chi connectivity index (χ4v) is 2.59. The fourth-order valence-electron chi connectivity index (χ4n) is 2.32. The summed E-state index contributed by atoms with van der Waals surface area (Å²) in [6, 6.07) is 6.73. The monoisotopic (exact) mass is 367 g/mol. The van der Waals surface area contributed by atoms with Crippen LogP contribution in [0.2, 0.25) is 0 Å². The number of ether oxygens (including phenoxy) is 1. The Hall–Kier alpha value is -1.69. The smallest absolute Gasteiger partial charge is 0.320 e. The van der Waals surface area contributed by atoms with E-state index in [0.29, 0.717) is 11.1 Å². The lowest BCUT2D eigenvalue weighted by atomic mass is 10.1. The van der Waals surface area contributed by atoms with Gasteiger partial charge in [0.05, 0.1) is 17.2 Å². The predicted octanol–water partition coefficient (Wildman–Crippen LogP) is 2.63. The first kappa shape index (κ1) is 16.7. The maximum Gasteiger partial charge on any atom is 0.320 e. The Bertz CT molecular complexity index is 579. The molecule has 1 aliphatic rings. The normalized spacial score (nSPS) is 16.7. The number of benzene rings is 1. The lowest BCUT2D eigenvalue weighted by Gasteiger charge is -2.23. The molecule has 6 heteroatoms. The van der Waals surface area contributed by atoms with Crippen molar-refractivity contribution in [3.63, 3.8) is 0 Å². The second-order valence-electron chi connectivity index (χ2n) is 5.63. The number of esters is 1. The Morgan fingerprint density at radius 2 is 1.64 bits per heavy atom. The van der Waals surface area contributed by atoms with Crippen LogP contribution >= 0.6 is 15.9 Å². The average molecular weight is 368 g/mol. The number of nitrogens with zero attached hydrogens (tertiary/aromatic N) is 1. The topological polar surface area (TPSA) is 63.7 Å². The van der Waals surface area contributed by atoms with Crippen molar-refractivity contribution in [1.29, 1.82) is 0 Å². The van der Waals surface area contributed by atoms with E-state index < -0.39 is 4.83 Å². The third-order valence-corrected chi connectivity index (χ3v) is 4.70. The van der Waals surface area contributed by atoms with Gasteiger partial charge in [0.25, 0.3) is 11.8 Å². The molecule has 1 aliphatic heterocycles. The molecule has 0 saturated carbocycles. The van der Waals surface area contributed by atoms with E-state index in [1.165, 1.54) is 4.90 Å². The Morgan fingerprint density at radius 3 is 2.09 bits per heavy atom. The Morgan fingerprint density at radius 1 is 1.14 bits per heavy atom. The van der Waals surface area contributed by atoms with Crippen molar-refractivity contribution in [2.24, 2.45) is 5.92 Å². The van der Waals surface area contributed by atoms with E-state index in [0.717, 1.165) is 0 Å². The highest BCUT2D eigenvalue weighted by Gasteiger charge is 2.37. The third-order valence-electron chi connectivity index (χ3n) is 3.43. The zero-order valence-electron chi connectivity index (χ0n) is 12.7. The summed E-state index contributed by atoms with van der Waals surface area (Å²) in [5.41, 5.74) is 0.825. The largest absolute Gasteiger partial charge is 0.462 e. The van der Waals surface area contributed by atoms with E-state index in [9.17, 15) is 14.4 Å². The number of fused-ring (bicyclic) bond motifs is 1. The first-order valence-corrected chi connectivity index (χ1v) is 8.04. The molecule has 22 heavy (non-hydrogen) atoms. The number of hydrogen-bond acceptors (Lipinski definition) is 4. The first-order chi connectivity index (χ1) is 10.3. The van der Waals surface area contributed by atoms with Gasteiger partial charge in [-0.3, -0.25) is 19.3 Å². The van der Waals surface area contributed by atoms with Crippen molar-refractivity contribution in [2.45, 2.75) is 31.7 Å². The molecule has 1 aromatic carbocycles. The van der Waals surface area contributed by atoms with Crippen molar-refractivity contribution in [3.8, 4) is 0 Å². The van der Waals surface area contributed by atoms with E-state index in [1.807, 2.05) is 0 Å². The van der Waals surface area contributed by atoms with Crippen LogP contribution in [0.3, 0.4) is 0 Å². The lowest BCUT2D eigenvalue weighted by molar-refractivity contribution is -0.147. The van der Waals surface area contributed by atoms with Crippen molar-refractivity contribution >= 4 is 33.7 Å². The number of imide groups is 1. The quantitative estimate of drug-likeness (QED) is 0.455. The summed E-state index contributed by atoms with van der Waals surface area (Å²) in [6.45, 7) is 5.50. The summed E-state index contributed by atoms with van der Waals surface area (Å²) >= 11 is 3.30. The molecule has 0 fully saturated rings. The van der Waals surface area contributed by atoms with Crippen LogP contribution in [0.5, 0.6) is 0 Å². The van der Waals surface area contributed by atoms with Gasteiger partial charge in [0.1, 0.15) is 4.83 Å². The van der Waals surface area contributed by atoms with Crippen molar-refractivity contribution in [1.82, 2.24) is 4.90 Å². The molecule has 0 aliphatic carbocycles. The minimum Gasteiger partial charge on any atom is -0.462 e. The molecule has 1 heterocycles. The summed E-state index contributed by atoms with van der Waals surface area (Å²) in [6.07, 6.45) is -0.209. The van der Waals surface area contributed by atoms with Crippen LogP contribution in [0.15, 0.2) is 24.3 Å². The Labute approximate surface area is 137 Å². The van der Waals surface area contributed by atoms with Gasteiger partial charge in [0.15, 0.2) is 0 Å². The highest BCUT2D eigenvalue weighted by molar-refractivity contribution is 9.10. The van der Waals surface area contributed by atoms with Gasteiger partial charge in [-0.15, -0.1) is 0 Å². The molecule has 0 radical (unpaired) electrons. The molecule has 0 spiro atoms. The van der Waals surface area contributed by atoms with Gasteiger partial charge in [0, 0.05) is 6.54 Å². The number of hydrogen-bond donors (Lipinski definition) is 0. The Kier molecular flexibility index (Phi) is 5.01. The standard InChI is InChI=1S/C16H18BrNO4/c1-9(2)22-16(21)13(17)10(3)8-18-14(19)11-6-4-5-7-12(11)15(18)20/h4-7,9-10,13H,8H2,1-3H3/t10-,13?/m0/s1. The number of carbonyl (C=O) groups excluding carboxylic acids is 3. The lowest BCUT2D eigenvalue weighted by Crippen LogP contribution is -2.39. The molecule has 2 amide bonds. The molecule has 0 N–H and O–H groups in total. The number of rotatable bonds is 5. The van der Waals surface area contributed by atoms with E-state index in [4.69, 9.17) is 4.74 Å². The van der Waals surface area contributed by atoms with Gasteiger partial charge >= 0.3 is 5.97 Å². The maximum atomic E-state index is 12.3. The summed E-state index contributed by atoms with van der Waals surface area (Å²) in [7, 11) is 0. The zero-order chi connectivity index (χ0) is 16.4.